The molecule has 1 aliphatic rings. The van der Waals surface area contributed by atoms with Crippen molar-refractivity contribution >= 4 is 28.9 Å². The topological polar surface area (TPSA) is 92.5 Å². The summed E-state index contributed by atoms with van der Waals surface area (Å²) in [5.74, 6) is -1.39. The number of nitro groups is 1. The Morgan fingerprint density at radius 1 is 1.40 bits per heavy atom. The lowest BCUT2D eigenvalue weighted by Gasteiger charge is -2.29. The molecule has 0 heterocycles. The van der Waals surface area contributed by atoms with Gasteiger partial charge in [-0.1, -0.05) is 30.5 Å². The van der Waals surface area contributed by atoms with Crippen LogP contribution in [-0.2, 0) is 4.79 Å². The molecule has 2 N–H and O–H groups in total. The number of halogens is 1. The molecule has 0 amide bonds. The first-order valence-electron chi connectivity index (χ1n) is 6.43. The summed E-state index contributed by atoms with van der Waals surface area (Å²) >= 11 is 5.84. The minimum absolute atomic E-state index is 0.0442. The van der Waals surface area contributed by atoms with Crippen molar-refractivity contribution in [2.75, 3.05) is 5.32 Å². The third-order valence-corrected chi connectivity index (χ3v) is 3.90. The quantitative estimate of drug-likeness (QED) is 0.657. The highest BCUT2D eigenvalue weighted by Crippen LogP contribution is 2.35. The van der Waals surface area contributed by atoms with Crippen LogP contribution in [0.5, 0.6) is 0 Å². The van der Waals surface area contributed by atoms with Crippen molar-refractivity contribution in [2.45, 2.75) is 31.7 Å². The Morgan fingerprint density at radius 3 is 2.75 bits per heavy atom. The van der Waals surface area contributed by atoms with E-state index in [1.165, 1.54) is 6.07 Å². The number of aliphatic carboxylic acids is 1. The standard InChI is InChI=1S/C13H15ClN2O4/c14-9-5-3-7-11(12(9)16(19)20)15-10-6-2-1-4-8(10)13(17)18/h3,5,7-8,10,15H,1-2,4,6H2,(H,17,18). The molecule has 2 rings (SSSR count). The van der Waals surface area contributed by atoms with Crippen LogP contribution in [0.4, 0.5) is 11.4 Å². The molecule has 108 valence electrons. The zero-order valence-electron chi connectivity index (χ0n) is 10.7. The van der Waals surface area contributed by atoms with E-state index in [1.54, 1.807) is 12.1 Å². The van der Waals surface area contributed by atoms with Gasteiger partial charge in [-0.15, -0.1) is 0 Å². The Labute approximate surface area is 120 Å². The zero-order chi connectivity index (χ0) is 14.7. The number of carboxylic acids is 1. The number of nitro benzene ring substituents is 1. The fourth-order valence-electron chi connectivity index (χ4n) is 2.62. The summed E-state index contributed by atoms with van der Waals surface area (Å²) in [4.78, 5) is 21.8. The molecule has 0 radical (unpaired) electrons. The minimum atomic E-state index is -0.869. The number of benzene rings is 1. The lowest BCUT2D eigenvalue weighted by molar-refractivity contribution is -0.383. The van der Waals surface area contributed by atoms with Crippen LogP contribution in [0, 0.1) is 16.0 Å². The molecule has 1 aromatic rings. The van der Waals surface area contributed by atoms with Gasteiger partial charge in [0.2, 0.25) is 0 Å². The second-order valence-corrected chi connectivity index (χ2v) is 5.28. The zero-order valence-corrected chi connectivity index (χ0v) is 11.5. The van der Waals surface area contributed by atoms with Crippen molar-refractivity contribution in [3.05, 3.63) is 33.3 Å². The summed E-state index contributed by atoms with van der Waals surface area (Å²) in [6, 6.07) is 4.30. The lowest BCUT2D eigenvalue weighted by Crippen LogP contribution is -2.37. The van der Waals surface area contributed by atoms with Crippen molar-refractivity contribution in [1.82, 2.24) is 0 Å². The maximum Gasteiger partial charge on any atom is 0.310 e. The number of nitrogens with zero attached hydrogens (tertiary/aromatic N) is 1. The summed E-state index contributed by atoms with van der Waals surface area (Å²) in [5, 5.41) is 23.3. The van der Waals surface area contributed by atoms with E-state index in [9.17, 15) is 20.0 Å². The van der Waals surface area contributed by atoms with E-state index in [0.29, 0.717) is 12.8 Å². The van der Waals surface area contributed by atoms with E-state index < -0.39 is 16.8 Å². The Hall–Kier alpha value is -1.82. The van der Waals surface area contributed by atoms with Crippen LogP contribution in [0.15, 0.2) is 18.2 Å². The van der Waals surface area contributed by atoms with Gasteiger partial charge in [-0.2, -0.15) is 0 Å². The lowest BCUT2D eigenvalue weighted by atomic mass is 9.84. The molecule has 0 saturated heterocycles. The number of anilines is 1. The Kier molecular flexibility index (Phi) is 4.44. The predicted molar refractivity (Wildman–Crippen MR) is 75.1 cm³/mol. The molecule has 0 bridgehead atoms. The Bertz CT molecular complexity index is 535. The smallest absolute Gasteiger partial charge is 0.310 e. The summed E-state index contributed by atoms with van der Waals surface area (Å²) in [6.45, 7) is 0. The van der Waals surface area contributed by atoms with Gasteiger partial charge >= 0.3 is 11.7 Å². The van der Waals surface area contributed by atoms with E-state index in [4.69, 9.17) is 11.6 Å². The maximum atomic E-state index is 11.2. The van der Waals surface area contributed by atoms with Crippen molar-refractivity contribution < 1.29 is 14.8 Å². The normalized spacial score (nSPS) is 22.2. The van der Waals surface area contributed by atoms with Crippen molar-refractivity contribution in [3.63, 3.8) is 0 Å². The molecule has 6 nitrogen and oxygen atoms in total. The predicted octanol–water partition coefficient (Wildman–Crippen LogP) is 3.30. The summed E-state index contributed by atoms with van der Waals surface area (Å²) in [7, 11) is 0. The van der Waals surface area contributed by atoms with E-state index in [2.05, 4.69) is 5.32 Å². The monoisotopic (exact) mass is 298 g/mol. The van der Waals surface area contributed by atoms with E-state index in [1.807, 2.05) is 0 Å². The van der Waals surface area contributed by atoms with Crippen LogP contribution >= 0.6 is 11.6 Å². The van der Waals surface area contributed by atoms with E-state index in [-0.39, 0.29) is 22.4 Å². The third kappa shape index (κ3) is 3.01. The van der Waals surface area contributed by atoms with E-state index >= 15 is 0 Å². The Balaban J connectivity index is 2.27. The van der Waals surface area contributed by atoms with Gasteiger partial charge in [0, 0.05) is 6.04 Å². The molecule has 0 aromatic heterocycles. The highest BCUT2D eigenvalue weighted by atomic mass is 35.5. The fraction of sp³-hybridized carbons (Fsp3) is 0.462. The molecule has 1 saturated carbocycles. The van der Waals surface area contributed by atoms with Gasteiger partial charge in [-0.05, 0) is 25.0 Å². The highest BCUT2D eigenvalue weighted by molar-refractivity contribution is 6.33. The van der Waals surface area contributed by atoms with Gasteiger partial charge in [-0.25, -0.2) is 0 Å². The number of carbonyl (C=O) groups is 1. The largest absolute Gasteiger partial charge is 0.481 e. The molecule has 2 unspecified atom stereocenters. The van der Waals surface area contributed by atoms with Crippen LogP contribution in [-0.4, -0.2) is 22.0 Å². The van der Waals surface area contributed by atoms with Gasteiger partial charge < -0.3 is 10.4 Å². The first-order valence-corrected chi connectivity index (χ1v) is 6.80. The molecule has 20 heavy (non-hydrogen) atoms. The van der Waals surface area contributed by atoms with Gasteiger partial charge in [-0.3, -0.25) is 14.9 Å². The summed E-state index contributed by atoms with van der Waals surface area (Å²) < 4.78 is 0. The SMILES string of the molecule is O=C(O)C1CCCCC1Nc1cccc(Cl)c1[N+](=O)[O-]. The molecule has 1 fully saturated rings. The van der Waals surface area contributed by atoms with Crippen molar-refractivity contribution in [1.29, 1.82) is 0 Å². The number of hydrogen-bond donors (Lipinski definition) is 2. The maximum absolute atomic E-state index is 11.2. The third-order valence-electron chi connectivity index (χ3n) is 3.59. The molecule has 7 heteroatoms. The molecule has 0 spiro atoms. The molecule has 1 aliphatic carbocycles. The molecule has 0 aliphatic heterocycles. The fourth-order valence-corrected chi connectivity index (χ4v) is 2.86. The van der Waals surface area contributed by atoms with Gasteiger partial charge in [0.25, 0.3) is 0 Å². The molecular weight excluding hydrogens is 284 g/mol. The molecular formula is C13H15ClN2O4. The van der Waals surface area contributed by atoms with Crippen molar-refractivity contribution in [2.24, 2.45) is 5.92 Å². The number of para-hydroxylation sites is 1. The Morgan fingerprint density at radius 2 is 2.10 bits per heavy atom. The van der Waals surface area contributed by atoms with Crippen LogP contribution in [0.25, 0.3) is 0 Å². The van der Waals surface area contributed by atoms with Gasteiger partial charge in [0.05, 0.1) is 10.8 Å². The average molecular weight is 299 g/mol. The molecule has 1 aromatic carbocycles. The van der Waals surface area contributed by atoms with Gasteiger partial charge in [0.15, 0.2) is 0 Å². The first-order chi connectivity index (χ1) is 9.50. The number of nitrogens with one attached hydrogen (secondary N) is 1. The summed E-state index contributed by atoms with van der Waals surface area (Å²) in [6.07, 6.45) is 3.05. The number of hydrogen-bond acceptors (Lipinski definition) is 4. The van der Waals surface area contributed by atoms with Crippen LogP contribution < -0.4 is 5.32 Å². The van der Waals surface area contributed by atoms with Gasteiger partial charge in [0.1, 0.15) is 10.7 Å². The van der Waals surface area contributed by atoms with Crippen molar-refractivity contribution in [3.8, 4) is 0 Å². The second kappa shape index (κ2) is 6.09. The average Bonchev–Trinajstić information content (AvgIpc) is 2.38. The first kappa shape index (κ1) is 14.6. The summed E-state index contributed by atoms with van der Waals surface area (Å²) in [5.41, 5.74) is 0.0736. The minimum Gasteiger partial charge on any atom is -0.481 e. The van der Waals surface area contributed by atoms with E-state index in [0.717, 1.165) is 12.8 Å². The molecule has 2 atom stereocenters. The number of rotatable bonds is 4. The van der Waals surface area contributed by atoms with Crippen LogP contribution in [0.1, 0.15) is 25.7 Å². The van der Waals surface area contributed by atoms with Crippen LogP contribution in [0.3, 0.4) is 0 Å². The second-order valence-electron chi connectivity index (χ2n) is 4.87. The van der Waals surface area contributed by atoms with Crippen LogP contribution in [0.2, 0.25) is 5.02 Å². The number of carboxylic acid groups (broad SMARTS) is 1. The highest BCUT2D eigenvalue weighted by Gasteiger charge is 2.32.